The smallest absolute Gasteiger partial charge is 0.224 e. The lowest BCUT2D eigenvalue weighted by Gasteiger charge is -2.32. The molecule has 2 fully saturated rings. The van der Waals surface area contributed by atoms with E-state index in [0.29, 0.717) is 63.7 Å². The molecule has 2 aliphatic rings. The van der Waals surface area contributed by atoms with Gasteiger partial charge in [-0.3, -0.25) is 19.3 Å². The Morgan fingerprint density at radius 1 is 1.12 bits per heavy atom. The summed E-state index contributed by atoms with van der Waals surface area (Å²) in [6, 6.07) is 6.11. The van der Waals surface area contributed by atoms with E-state index in [0.717, 1.165) is 41.2 Å². The van der Waals surface area contributed by atoms with Gasteiger partial charge in [0.1, 0.15) is 0 Å². The predicted octanol–water partition coefficient (Wildman–Crippen LogP) is 3.86. The molecule has 4 rings (SSSR count). The molecule has 1 aromatic heterocycles. The number of carbonyl (C=O) groups is 3. The van der Waals surface area contributed by atoms with E-state index in [4.69, 9.17) is 14.5 Å². The Kier molecular flexibility index (Phi) is 12.1. The fraction of sp³-hybridized carbons (Fsp3) is 0.625. The first-order valence-corrected chi connectivity index (χ1v) is 16.0. The molecule has 0 spiro atoms. The quantitative estimate of drug-likeness (QED) is 0.318. The van der Waals surface area contributed by atoms with E-state index in [1.165, 1.54) is 5.56 Å². The molecule has 1 aromatic carbocycles. The number of carbonyl (C=O) groups excluding carboxylic acids is 3. The third-order valence-electron chi connectivity index (χ3n) is 8.38. The van der Waals surface area contributed by atoms with E-state index >= 15 is 0 Å². The van der Waals surface area contributed by atoms with Crippen LogP contribution in [0.25, 0.3) is 10.2 Å². The number of fused-ring (bicyclic) bond motifs is 1. The maximum absolute atomic E-state index is 13.8. The lowest BCUT2D eigenvalue weighted by molar-refractivity contribution is -0.131. The third kappa shape index (κ3) is 9.17. The molecule has 2 aromatic rings. The topological polar surface area (TPSA) is 110 Å². The highest BCUT2D eigenvalue weighted by atomic mass is 32.1. The van der Waals surface area contributed by atoms with Crippen LogP contribution in [0.5, 0.6) is 0 Å². The van der Waals surface area contributed by atoms with Crippen molar-refractivity contribution in [2.45, 2.75) is 64.3 Å². The van der Waals surface area contributed by atoms with Gasteiger partial charge < -0.3 is 20.1 Å². The van der Waals surface area contributed by atoms with Gasteiger partial charge in [-0.2, -0.15) is 0 Å². The van der Waals surface area contributed by atoms with Crippen LogP contribution >= 0.6 is 11.3 Å². The number of hydrogen-bond donors (Lipinski definition) is 2. The molecule has 2 amide bonds. The van der Waals surface area contributed by atoms with Crippen molar-refractivity contribution in [1.29, 1.82) is 0 Å². The fourth-order valence-corrected chi connectivity index (χ4v) is 6.75. The van der Waals surface area contributed by atoms with Crippen molar-refractivity contribution in [2.75, 3.05) is 53.1 Å². The van der Waals surface area contributed by atoms with Gasteiger partial charge in [0.25, 0.3) is 0 Å². The highest BCUT2D eigenvalue weighted by Gasteiger charge is 2.31. The summed E-state index contributed by atoms with van der Waals surface area (Å²) in [5.41, 5.74) is 2.76. The average molecular weight is 599 g/mol. The Bertz CT molecular complexity index is 1230. The maximum Gasteiger partial charge on any atom is 0.224 e. The van der Waals surface area contributed by atoms with Gasteiger partial charge in [-0.05, 0) is 48.8 Å². The van der Waals surface area contributed by atoms with Crippen LogP contribution in [-0.2, 0) is 30.3 Å². The number of hydrogen-bond acceptors (Lipinski definition) is 8. The molecule has 0 saturated carbocycles. The summed E-state index contributed by atoms with van der Waals surface area (Å²) < 4.78 is 12.1. The van der Waals surface area contributed by atoms with Crippen LogP contribution in [0.15, 0.2) is 30.4 Å². The summed E-state index contributed by atoms with van der Waals surface area (Å²) in [6.45, 7) is 13.2. The van der Waals surface area contributed by atoms with Crippen LogP contribution in [0.1, 0.15) is 62.4 Å². The highest BCUT2D eigenvalue weighted by Crippen LogP contribution is 2.29. The minimum absolute atomic E-state index is 0.0324. The number of ether oxygens (including phenoxy) is 2. The van der Waals surface area contributed by atoms with Gasteiger partial charge in [0.05, 0.1) is 34.4 Å². The van der Waals surface area contributed by atoms with Gasteiger partial charge in [-0.25, -0.2) is 4.98 Å². The van der Waals surface area contributed by atoms with Crippen LogP contribution in [0.2, 0.25) is 0 Å². The Morgan fingerprint density at radius 3 is 2.52 bits per heavy atom. The zero-order valence-corrected chi connectivity index (χ0v) is 26.1. The monoisotopic (exact) mass is 598 g/mol. The summed E-state index contributed by atoms with van der Waals surface area (Å²) in [4.78, 5) is 46.3. The van der Waals surface area contributed by atoms with E-state index in [1.807, 2.05) is 6.07 Å². The van der Waals surface area contributed by atoms with E-state index < -0.39 is 5.92 Å². The summed E-state index contributed by atoms with van der Waals surface area (Å²) >= 11 is 1.58. The molecule has 0 radical (unpaired) electrons. The molecule has 0 unspecified atom stereocenters. The van der Waals surface area contributed by atoms with Gasteiger partial charge in [-0.1, -0.05) is 26.5 Å². The summed E-state index contributed by atoms with van der Waals surface area (Å²) in [7, 11) is 1.59. The second kappa shape index (κ2) is 15.7. The minimum atomic E-state index is -0.565. The van der Waals surface area contributed by atoms with Crippen molar-refractivity contribution in [2.24, 2.45) is 11.8 Å². The Hall–Kier alpha value is -2.66. The van der Waals surface area contributed by atoms with Gasteiger partial charge in [-0.15, -0.1) is 11.3 Å². The minimum Gasteiger partial charge on any atom is -0.381 e. The van der Waals surface area contributed by atoms with Crippen LogP contribution in [0.3, 0.4) is 0 Å². The maximum atomic E-state index is 13.8. The molecule has 2 aliphatic heterocycles. The molecule has 10 heteroatoms. The van der Waals surface area contributed by atoms with Crippen LogP contribution < -0.4 is 10.6 Å². The molecule has 42 heavy (non-hydrogen) atoms. The Labute approximate surface area is 253 Å². The molecule has 2 N–H and O–H groups in total. The number of nitrogens with one attached hydrogen (secondary N) is 2. The summed E-state index contributed by atoms with van der Waals surface area (Å²) in [5.74, 6) is -0.264. The number of ketones is 1. The van der Waals surface area contributed by atoms with Crippen molar-refractivity contribution in [3.63, 3.8) is 0 Å². The number of morpholine rings is 1. The second-order valence-electron chi connectivity index (χ2n) is 11.8. The van der Waals surface area contributed by atoms with Crippen molar-refractivity contribution >= 4 is 39.2 Å². The zero-order chi connectivity index (χ0) is 30.1. The van der Waals surface area contributed by atoms with Crippen molar-refractivity contribution in [3.8, 4) is 0 Å². The number of amides is 2. The van der Waals surface area contributed by atoms with Gasteiger partial charge in [0.15, 0.2) is 5.78 Å². The number of Topliss-reactive ketones (excluding diaryl/α,β-unsaturated/α-hetero) is 1. The van der Waals surface area contributed by atoms with Crippen LogP contribution in [0, 0.1) is 11.8 Å². The normalized spacial score (nSPS) is 18.1. The Morgan fingerprint density at radius 2 is 1.83 bits per heavy atom. The number of aromatic nitrogens is 1. The lowest BCUT2D eigenvalue weighted by Crippen LogP contribution is -2.46. The van der Waals surface area contributed by atoms with E-state index in [2.05, 4.69) is 48.1 Å². The van der Waals surface area contributed by atoms with Crippen molar-refractivity contribution < 1.29 is 23.9 Å². The standard InChI is InChI=1S/C32H46N4O5S/c1-21(2)24-5-6-27-29(17-24)42-31(34-27)19-25(18-30(38)33-4)32(39)35-26(23-9-13-40-14-10-23)7-8-28(37)22(3)20-36-11-15-41-16-12-36/h5-6,17,21,23,25-26H,3,7-16,18-20H2,1-2,4H3,(H,33,38)(H,35,39)/t25-,26+/m0/s1. The van der Waals surface area contributed by atoms with Crippen molar-refractivity contribution in [1.82, 2.24) is 20.5 Å². The van der Waals surface area contributed by atoms with Gasteiger partial charge >= 0.3 is 0 Å². The largest absolute Gasteiger partial charge is 0.381 e. The van der Waals surface area contributed by atoms with Gasteiger partial charge in [0.2, 0.25) is 11.8 Å². The first-order chi connectivity index (χ1) is 20.2. The zero-order valence-electron chi connectivity index (χ0n) is 25.3. The average Bonchev–Trinajstić information content (AvgIpc) is 3.41. The second-order valence-corrected chi connectivity index (χ2v) is 12.9. The molecule has 2 atom stereocenters. The molecule has 2 saturated heterocycles. The van der Waals surface area contributed by atoms with E-state index in [1.54, 1.807) is 18.4 Å². The fourth-order valence-electron chi connectivity index (χ4n) is 5.65. The van der Waals surface area contributed by atoms with Crippen LogP contribution in [0.4, 0.5) is 0 Å². The number of rotatable bonds is 14. The lowest BCUT2D eigenvalue weighted by atomic mass is 9.87. The molecule has 0 aliphatic carbocycles. The van der Waals surface area contributed by atoms with Gasteiger partial charge in [0, 0.05) is 70.8 Å². The molecule has 0 bridgehead atoms. The molecule has 9 nitrogen and oxygen atoms in total. The third-order valence-corrected chi connectivity index (χ3v) is 9.42. The predicted molar refractivity (Wildman–Crippen MR) is 166 cm³/mol. The summed E-state index contributed by atoms with van der Waals surface area (Å²) in [6.07, 6.45) is 2.95. The highest BCUT2D eigenvalue weighted by molar-refractivity contribution is 7.18. The van der Waals surface area contributed by atoms with Crippen molar-refractivity contribution in [3.05, 3.63) is 40.9 Å². The first-order valence-electron chi connectivity index (χ1n) is 15.2. The number of nitrogens with zero attached hydrogens (tertiary/aromatic N) is 2. The van der Waals surface area contributed by atoms with Crippen LogP contribution in [-0.4, -0.2) is 86.6 Å². The molecule has 3 heterocycles. The van der Waals surface area contributed by atoms with E-state index in [-0.39, 0.29) is 36.0 Å². The molecule has 230 valence electrons. The first kappa shape index (κ1) is 32.3. The number of thiazole rings is 1. The molecular formula is C32H46N4O5S. The number of benzene rings is 1. The van der Waals surface area contributed by atoms with E-state index in [9.17, 15) is 14.4 Å². The SMILES string of the molecule is C=C(CN1CCOCC1)C(=O)CC[C@@H](NC(=O)[C@@H](CC(=O)NC)Cc1nc2ccc(C(C)C)cc2s1)C1CCOCC1. The Balaban J connectivity index is 1.44. The summed E-state index contributed by atoms with van der Waals surface area (Å²) in [5, 5.41) is 6.77. The molecular weight excluding hydrogens is 552 g/mol.